The van der Waals surface area contributed by atoms with Crippen molar-refractivity contribution in [1.82, 2.24) is 25.0 Å². The van der Waals surface area contributed by atoms with Gasteiger partial charge in [0.25, 0.3) is 0 Å². The molecule has 1 saturated carbocycles. The van der Waals surface area contributed by atoms with Gasteiger partial charge in [-0.1, -0.05) is 43.1 Å². The first kappa shape index (κ1) is 22.6. The molecular formula is C22H30ClN5O2S. The van der Waals surface area contributed by atoms with Gasteiger partial charge >= 0.3 is 0 Å². The Kier molecular flexibility index (Phi) is 7.87. The van der Waals surface area contributed by atoms with Gasteiger partial charge in [0, 0.05) is 29.8 Å². The number of hydrogen-bond donors (Lipinski definition) is 1. The zero-order valence-corrected chi connectivity index (χ0v) is 19.5. The van der Waals surface area contributed by atoms with Gasteiger partial charge in [-0.3, -0.25) is 14.3 Å². The van der Waals surface area contributed by atoms with E-state index >= 15 is 0 Å². The van der Waals surface area contributed by atoms with E-state index in [4.69, 9.17) is 16.3 Å². The van der Waals surface area contributed by atoms with Crippen LogP contribution in [0.25, 0.3) is 5.69 Å². The number of ether oxygens (including phenoxy) is 1. The SMILES string of the molecule is C[C@H]1CCCC[C@H]1NC(=O)CSc1nnc(CN2CCOCC2)n1-c1ccc(Cl)cc1. The molecular weight excluding hydrogens is 434 g/mol. The Morgan fingerprint density at radius 2 is 1.94 bits per heavy atom. The van der Waals surface area contributed by atoms with Crippen LogP contribution in [0.5, 0.6) is 0 Å². The Bertz CT molecular complexity index is 869. The third kappa shape index (κ3) is 6.00. The van der Waals surface area contributed by atoms with Crippen molar-refractivity contribution >= 4 is 29.3 Å². The number of carbonyl (C=O) groups excluding carboxylic acids is 1. The maximum absolute atomic E-state index is 12.6. The number of morpholine rings is 1. The third-order valence-electron chi connectivity index (χ3n) is 6.04. The predicted molar refractivity (Wildman–Crippen MR) is 123 cm³/mol. The van der Waals surface area contributed by atoms with E-state index < -0.39 is 0 Å². The quantitative estimate of drug-likeness (QED) is 0.633. The van der Waals surface area contributed by atoms with E-state index in [0.717, 1.165) is 49.4 Å². The number of amides is 1. The molecule has 1 amide bonds. The van der Waals surface area contributed by atoms with Crippen LogP contribution >= 0.6 is 23.4 Å². The summed E-state index contributed by atoms with van der Waals surface area (Å²) in [6, 6.07) is 7.93. The molecule has 31 heavy (non-hydrogen) atoms. The average molecular weight is 464 g/mol. The number of halogens is 1. The summed E-state index contributed by atoms with van der Waals surface area (Å²) in [4.78, 5) is 14.9. The smallest absolute Gasteiger partial charge is 0.230 e. The number of carbonyl (C=O) groups is 1. The van der Waals surface area contributed by atoms with Crippen molar-refractivity contribution in [3.8, 4) is 5.69 Å². The van der Waals surface area contributed by atoms with E-state index in [2.05, 4.69) is 27.3 Å². The Labute approximate surface area is 192 Å². The summed E-state index contributed by atoms with van der Waals surface area (Å²) < 4.78 is 7.49. The molecule has 2 heterocycles. The van der Waals surface area contributed by atoms with Gasteiger partial charge in [-0.25, -0.2) is 0 Å². The van der Waals surface area contributed by atoms with Gasteiger partial charge in [0.2, 0.25) is 5.91 Å². The maximum Gasteiger partial charge on any atom is 0.230 e. The Balaban J connectivity index is 1.47. The van der Waals surface area contributed by atoms with Crippen LogP contribution in [-0.4, -0.2) is 63.7 Å². The Morgan fingerprint density at radius 3 is 2.68 bits per heavy atom. The van der Waals surface area contributed by atoms with E-state index in [9.17, 15) is 4.79 Å². The second-order valence-corrected chi connectivity index (χ2v) is 9.70. The summed E-state index contributed by atoms with van der Waals surface area (Å²) in [5.41, 5.74) is 0.946. The number of aromatic nitrogens is 3. The average Bonchev–Trinajstić information content (AvgIpc) is 3.17. The fourth-order valence-electron chi connectivity index (χ4n) is 4.21. The summed E-state index contributed by atoms with van der Waals surface area (Å²) in [7, 11) is 0. The molecule has 4 rings (SSSR count). The van der Waals surface area contributed by atoms with Crippen LogP contribution in [-0.2, 0) is 16.1 Å². The third-order valence-corrected chi connectivity index (χ3v) is 7.23. The highest BCUT2D eigenvalue weighted by Gasteiger charge is 2.24. The van der Waals surface area contributed by atoms with Crippen LogP contribution in [0.4, 0.5) is 0 Å². The molecule has 2 fully saturated rings. The lowest BCUT2D eigenvalue weighted by Crippen LogP contribution is -2.41. The molecule has 1 aromatic heterocycles. The number of thioether (sulfide) groups is 1. The number of hydrogen-bond acceptors (Lipinski definition) is 6. The van der Waals surface area contributed by atoms with E-state index in [1.807, 2.05) is 28.8 Å². The fourth-order valence-corrected chi connectivity index (χ4v) is 5.12. The maximum atomic E-state index is 12.6. The van der Waals surface area contributed by atoms with Crippen molar-refractivity contribution < 1.29 is 9.53 Å². The van der Waals surface area contributed by atoms with Gasteiger partial charge < -0.3 is 10.1 Å². The lowest BCUT2D eigenvalue weighted by atomic mass is 9.86. The van der Waals surface area contributed by atoms with Crippen LogP contribution in [0.3, 0.4) is 0 Å². The second kappa shape index (κ2) is 10.8. The van der Waals surface area contributed by atoms with Crippen molar-refractivity contribution in [2.24, 2.45) is 5.92 Å². The van der Waals surface area contributed by atoms with Gasteiger partial charge in [-0.05, 0) is 43.0 Å². The Morgan fingerprint density at radius 1 is 1.19 bits per heavy atom. The summed E-state index contributed by atoms with van der Waals surface area (Å²) >= 11 is 7.52. The van der Waals surface area contributed by atoms with Crippen LogP contribution in [0.15, 0.2) is 29.4 Å². The summed E-state index contributed by atoms with van der Waals surface area (Å²) in [5, 5.41) is 13.5. The predicted octanol–water partition coefficient (Wildman–Crippen LogP) is 3.54. The van der Waals surface area contributed by atoms with Gasteiger partial charge in [0.1, 0.15) is 0 Å². The zero-order chi connectivity index (χ0) is 21.6. The number of nitrogens with one attached hydrogen (secondary N) is 1. The molecule has 0 bridgehead atoms. The molecule has 168 valence electrons. The summed E-state index contributed by atoms with van der Waals surface area (Å²) in [5.74, 6) is 1.78. The number of benzene rings is 1. The van der Waals surface area contributed by atoms with E-state index in [1.165, 1.54) is 31.0 Å². The monoisotopic (exact) mass is 463 g/mol. The van der Waals surface area contributed by atoms with Gasteiger partial charge in [-0.15, -0.1) is 10.2 Å². The summed E-state index contributed by atoms with van der Waals surface area (Å²) in [6.07, 6.45) is 4.72. The molecule has 2 atom stereocenters. The molecule has 0 unspecified atom stereocenters. The van der Waals surface area contributed by atoms with Crippen LogP contribution in [0, 0.1) is 5.92 Å². The van der Waals surface area contributed by atoms with E-state index in [0.29, 0.717) is 23.2 Å². The molecule has 1 aromatic carbocycles. The largest absolute Gasteiger partial charge is 0.379 e. The van der Waals surface area contributed by atoms with Crippen molar-refractivity contribution in [3.05, 3.63) is 35.1 Å². The number of nitrogens with zero attached hydrogens (tertiary/aromatic N) is 4. The van der Waals surface area contributed by atoms with Crippen LogP contribution in [0.1, 0.15) is 38.4 Å². The zero-order valence-electron chi connectivity index (χ0n) is 17.9. The fraction of sp³-hybridized carbons (Fsp3) is 0.591. The molecule has 2 aromatic rings. The molecule has 1 N–H and O–H groups in total. The van der Waals surface area contributed by atoms with Gasteiger partial charge in [0.05, 0.1) is 25.5 Å². The first-order valence-corrected chi connectivity index (χ1v) is 12.4. The standard InChI is InChI=1S/C22H30ClN5O2S/c1-16-4-2-3-5-19(16)24-21(29)15-31-22-26-25-20(14-27-10-12-30-13-11-27)28(22)18-8-6-17(23)7-9-18/h6-9,16,19H,2-5,10-15H2,1H3,(H,24,29)/t16-,19+/m0/s1. The highest BCUT2D eigenvalue weighted by atomic mass is 35.5. The van der Waals surface area contributed by atoms with Gasteiger partial charge in [-0.2, -0.15) is 0 Å². The first-order valence-electron chi connectivity index (χ1n) is 11.0. The molecule has 0 radical (unpaired) electrons. The molecule has 0 spiro atoms. The highest BCUT2D eigenvalue weighted by Crippen LogP contribution is 2.26. The molecule has 1 aliphatic carbocycles. The van der Waals surface area contributed by atoms with Crippen molar-refractivity contribution in [1.29, 1.82) is 0 Å². The minimum absolute atomic E-state index is 0.0594. The van der Waals surface area contributed by atoms with E-state index in [1.54, 1.807) is 0 Å². The van der Waals surface area contributed by atoms with Crippen molar-refractivity contribution in [3.63, 3.8) is 0 Å². The first-order chi connectivity index (χ1) is 15.1. The summed E-state index contributed by atoms with van der Waals surface area (Å²) in [6.45, 7) is 6.13. The Hall–Kier alpha value is -1.61. The number of rotatable bonds is 7. The highest BCUT2D eigenvalue weighted by molar-refractivity contribution is 7.99. The van der Waals surface area contributed by atoms with Crippen LogP contribution in [0.2, 0.25) is 5.02 Å². The normalized spacial score (nSPS) is 22.4. The van der Waals surface area contributed by atoms with Crippen molar-refractivity contribution in [2.75, 3.05) is 32.1 Å². The topological polar surface area (TPSA) is 72.3 Å². The minimum Gasteiger partial charge on any atom is -0.379 e. The molecule has 7 nitrogen and oxygen atoms in total. The molecule has 2 aliphatic rings. The van der Waals surface area contributed by atoms with E-state index in [-0.39, 0.29) is 11.9 Å². The second-order valence-electron chi connectivity index (χ2n) is 8.32. The molecule has 9 heteroatoms. The lowest BCUT2D eigenvalue weighted by Gasteiger charge is -2.29. The molecule has 1 aliphatic heterocycles. The van der Waals surface area contributed by atoms with Crippen molar-refractivity contribution in [2.45, 2.75) is 50.4 Å². The minimum atomic E-state index is 0.0594. The van der Waals surface area contributed by atoms with Gasteiger partial charge in [0.15, 0.2) is 11.0 Å². The lowest BCUT2D eigenvalue weighted by molar-refractivity contribution is -0.119. The molecule has 1 saturated heterocycles. The van der Waals surface area contributed by atoms with Crippen LogP contribution < -0.4 is 5.32 Å².